The van der Waals surface area contributed by atoms with Crippen LogP contribution in [0.2, 0.25) is 10.0 Å². The van der Waals surface area contributed by atoms with Crippen LogP contribution in [0.15, 0.2) is 12.1 Å². The normalized spacial score (nSPS) is 13.1. The number of hydrogen-bond acceptors (Lipinski definition) is 3. The monoisotopic (exact) mass is 315 g/mol. The molecule has 100 valence electrons. The number of anilines is 1. The van der Waals surface area contributed by atoms with Crippen LogP contribution in [-0.2, 0) is 14.8 Å². The Kier molecular flexibility index (Phi) is 4.41. The molecule has 1 atom stereocenters. The van der Waals surface area contributed by atoms with E-state index < -0.39 is 27.1 Å². The Balaban J connectivity index is 3.17. The van der Waals surface area contributed by atoms with Crippen LogP contribution in [0.1, 0.15) is 6.92 Å². The highest BCUT2D eigenvalue weighted by atomic mass is 35.5. The van der Waals surface area contributed by atoms with Crippen LogP contribution in [-0.4, -0.2) is 24.7 Å². The van der Waals surface area contributed by atoms with Crippen molar-refractivity contribution in [2.24, 2.45) is 0 Å². The van der Waals surface area contributed by atoms with Gasteiger partial charge in [-0.25, -0.2) is 12.8 Å². The minimum Gasteiger partial charge on any atom is -0.480 e. The van der Waals surface area contributed by atoms with Crippen molar-refractivity contribution in [2.75, 3.05) is 4.72 Å². The molecule has 1 unspecified atom stereocenters. The zero-order chi connectivity index (χ0) is 14.1. The lowest BCUT2D eigenvalue weighted by molar-refractivity contribution is -0.136. The average molecular weight is 316 g/mol. The Morgan fingerprint density at radius 2 is 1.83 bits per heavy atom. The number of carboxylic acids is 1. The van der Waals surface area contributed by atoms with E-state index in [0.29, 0.717) is 0 Å². The summed E-state index contributed by atoms with van der Waals surface area (Å²) in [6.07, 6.45) is 0. The van der Waals surface area contributed by atoms with Gasteiger partial charge in [0.05, 0.1) is 15.7 Å². The van der Waals surface area contributed by atoms with E-state index in [0.717, 1.165) is 19.1 Å². The first-order valence-corrected chi connectivity index (χ1v) is 6.84. The molecule has 0 spiro atoms. The fraction of sp³-hybridized carbons (Fsp3) is 0.222. The molecule has 0 aliphatic heterocycles. The van der Waals surface area contributed by atoms with Gasteiger partial charge in [-0.15, -0.1) is 0 Å². The first kappa shape index (κ1) is 15.0. The van der Waals surface area contributed by atoms with Gasteiger partial charge in [-0.05, 0) is 19.1 Å². The molecule has 0 aliphatic rings. The first-order valence-electron chi connectivity index (χ1n) is 4.54. The molecule has 0 saturated heterocycles. The summed E-state index contributed by atoms with van der Waals surface area (Å²) in [7, 11) is -4.21. The molecule has 0 heterocycles. The quantitative estimate of drug-likeness (QED) is 0.893. The number of carbonyl (C=O) groups is 1. The van der Waals surface area contributed by atoms with Gasteiger partial charge in [0.1, 0.15) is 5.82 Å². The van der Waals surface area contributed by atoms with E-state index in [1.165, 1.54) is 0 Å². The number of nitrogens with one attached hydrogen (secondary N) is 1. The van der Waals surface area contributed by atoms with Gasteiger partial charge in [0.15, 0.2) is 5.25 Å². The highest BCUT2D eigenvalue weighted by molar-refractivity contribution is 7.94. The first-order chi connectivity index (χ1) is 8.15. The van der Waals surface area contributed by atoms with Crippen LogP contribution in [0.25, 0.3) is 0 Å². The zero-order valence-electron chi connectivity index (χ0n) is 8.95. The SMILES string of the molecule is CC(C(=O)O)S(=O)(=O)Nc1c(Cl)cc(F)cc1Cl. The summed E-state index contributed by atoms with van der Waals surface area (Å²) in [5, 5.41) is 6.41. The predicted octanol–water partition coefficient (Wildman–Crippen LogP) is 2.35. The molecule has 9 heteroatoms. The van der Waals surface area contributed by atoms with Gasteiger partial charge >= 0.3 is 5.97 Å². The molecule has 0 saturated carbocycles. The second-order valence-electron chi connectivity index (χ2n) is 3.37. The van der Waals surface area contributed by atoms with Gasteiger partial charge in [0.25, 0.3) is 0 Å². The molecule has 0 amide bonds. The fourth-order valence-electron chi connectivity index (χ4n) is 1.00. The third-order valence-electron chi connectivity index (χ3n) is 2.06. The second kappa shape index (κ2) is 5.29. The number of rotatable bonds is 4. The summed E-state index contributed by atoms with van der Waals surface area (Å²) >= 11 is 11.3. The van der Waals surface area contributed by atoms with E-state index in [1.54, 1.807) is 0 Å². The van der Waals surface area contributed by atoms with Crippen molar-refractivity contribution < 1.29 is 22.7 Å². The summed E-state index contributed by atoms with van der Waals surface area (Å²) in [5.74, 6) is -2.27. The van der Waals surface area contributed by atoms with Crippen molar-refractivity contribution in [1.29, 1.82) is 0 Å². The van der Waals surface area contributed by atoms with E-state index in [-0.39, 0.29) is 15.7 Å². The maximum atomic E-state index is 12.9. The van der Waals surface area contributed by atoms with Crippen molar-refractivity contribution in [2.45, 2.75) is 12.2 Å². The summed E-state index contributed by atoms with van der Waals surface area (Å²) in [4.78, 5) is 10.6. The molecule has 0 aromatic heterocycles. The topological polar surface area (TPSA) is 83.5 Å². The van der Waals surface area contributed by atoms with E-state index in [4.69, 9.17) is 28.3 Å². The van der Waals surface area contributed by atoms with Gasteiger partial charge in [-0.3, -0.25) is 9.52 Å². The van der Waals surface area contributed by atoms with Crippen LogP contribution in [0, 0.1) is 5.82 Å². The number of sulfonamides is 1. The van der Waals surface area contributed by atoms with Gasteiger partial charge in [0.2, 0.25) is 10.0 Å². The summed E-state index contributed by atoms with van der Waals surface area (Å²) < 4.78 is 38.1. The lowest BCUT2D eigenvalue weighted by atomic mass is 10.3. The predicted molar refractivity (Wildman–Crippen MR) is 66.1 cm³/mol. The Hall–Kier alpha value is -1.05. The maximum Gasteiger partial charge on any atom is 0.323 e. The summed E-state index contributed by atoms with van der Waals surface area (Å²) in [6, 6.07) is 1.72. The molecular formula is C9H8Cl2FNO4S. The molecule has 0 radical (unpaired) electrons. The van der Waals surface area contributed by atoms with Crippen molar-refractivity contribution in [3.63, 3.8) is 0 Å². The molecule has 5 nitrogen and oxygen atoms in total. The zero-order valence-corrected chi connectivity index (χ0v) is 11.3. The van der Waals surface area contributed by atoms with Gasteiger partial charge < -0.3 is 5.11 Å². The standard InChI is InChI=1S/C9H8Cl2FNO4S/c1-4(9(14)15)18(16,17)13-8-6(10)2-5(12)3-7(8)11/h2-4,13H,1H3,(H,14,15). The maximum absolute atomic E-state index is 12.9. The largest absolute Gasteiger partial charge is 0.480 e. The number of carboxylic acid groups (broad SMARTS) is 1. The Labute approximate surface area is 113 Å². The number of aliphatic carboxylic acids is 1. The van der Waals surface area contributed by atoms with Gasteiger partial charge in [-0.1, -0.05) is 23.2 Å². The second-order valence-corrected chi connectivity index (χ2v) is 6.19. The molecule has 1 aromatic carbocycles. The molecule has 0 bridgehead atoms. The molecule has 18 heavy (non-hydrogen) atoms. The summed E-state index contributed by atoms with van der Waals surface area (Å²) in [5.41, 5.74) is -0.257. The third-order valence-corrected chi connectivity index (χ3v) is 4.28. The Morgan fingerprint density at radius 3 is 2.22 bits per heavy atom. The van der Waals surface area contributed by atoms with Crippen LogP contribution in [0.5, 0.6) is 0 Å². The van der Waals surface area contributed by atoms with E-state index in [9.17, 15) is 17.6 Å². The summed E-state index contributed by atoms with van der Waals surface area (Å²) in [6.45, 7) is 0.982. The average Bonchev–Trinajstić information content (AvgIpc) is 2.22. The fourth-order valence-corrected chi connectivity index (χ4v) is 2.62. The molecule has 0 fully saturated rings. The van der Waals surface area contributed by atoms with Gasteiger partial charge in [-0.2, -0.15) is 0 Å². The van der Waals surface area contributed by atoms with Crippen molar-refractivity contribution >= 4 is 44.9 Å². The smallest absolute Gasteiger partial charge is 0.323 e. The van der Waals surface area contributed by atoms with Crippen molar-refractivity contribution in [3.05, 3.63) is 28.0 Å². The van der Waals surface area contributed by atoms with Crippen molar-refractivity contribution in [3.8, 4) is 0 Å². The lowest BCUT2D eigenvalue weighted by Crippen LogP contribution is -2.32. The number of halogens is 3. The van der Waals surface area contributed by atoms with Crippen LogP contribution in [0.3, 0.4) is 0 Å². The Bertz CT molecular complexity index is 567. The van der Waals surface area contributed by atoms with Crippen LogP contribution >= 0.6 is 23.2 Å². The van der Waals surface area contributed by atoms with E-state index in [1.807, 2.05) is 4.72 Å². The molecule has 0 aliphatic carbocycles. The van der Waals surface area contributed by atoms with Crippen molar-refractivity contribution in [1.82, 2.24) is 0 Å². The van der Waals surface area contributed by atoms with E-state index >= 15 is 0 Å². The molecular weight excluding hydrogens is 308 g/mol. The minimum absolute atomic E-state index is 0.257. The van der Waals surface area contributed by atoms with Crippen LogP contribution < -0.4 is 4.72 Å². The Morgan fingerprint density at radius 1 is 1.39 bits per heavy atom. The molecule has 2 N–H and O–H groups in total. The highest BCUT2D eigenvalue weighted by Gasteiger charge is 2.29. The van der Waals surface area contributed by atoms with Crippen LogP contribution in [0.4, 0.5) is 10.1 Å². The number of hydrogen-bond donors (Lipinski definition) is 2. The van der Waals surface area contributed by atoms with Gasteiger partial charge in [0, 0.05) is 0 Å². The highest BCUT2D eigenvalue weighted by Crippen LogP contribution is 2.32. The number of benzene rings is 1. The lowest BCUT2D eigenvalue weighted by Gasteiger charge is -2.13. The third kappa shape index (κ3) is 3.24. The molecule has 1 aromatic rings. The minimum atomic E-state index is -4.21. The van der Waals surface area contributed by atoms with E-state index in [2.05, 4.69) is 0 Å². The molecule has 1 rings (SSSR count).